The van der Waals surface area contributed by atoms with Gasteiger partial charge in [-0.05, 0) is 79.6 Å². The molecule has 0 radical (unpaired) electrons. The summed E-state index contributed by atoms with van der Waals surface area (Å²) in [6.45, 7) is 4.91. The van der Waals surface area contributed by atoms with Gasteiger partial charge in [-0.3, -0.25) is 4.79 Å². The number of fused-ring (bicyclic) bond motifs is 5. The maximum Gasteiger partial charge on any atom is 0.155 e. The molecule has 0 spiro atoms. The van der Waals surface area contributed by atoms with Crippen LogP contribution < -0.4 is 0 Å². The fourth-order valence-corrected chi connectivity index (χ4v) is 6.89. The Hall–Kier alpha value is -0.300. The summed E-state index contributed by atoms with van der Waals surface area (Å²) in [6.07, 6.45) is 11.5. The predicted octanol–water partition coefficient (Wildman–Crippen LogP) is 5.13. The van der Waals surface area contributed by atoms with Gasteiger partial charge in [-0.2, -0.15) is 0 Å². The SMILES string of the molecule is C[C@]12CCC(=O)C=C1CC[C@@H]1[C@@H]2CC[C@]2(C)C(Cl)CC[C@@H]12. The number of halogens is 1. The molecule has 0 heterocycles. The number of carbonyl (C=O) groups is 1. The van der Waals surface area contributed by atoms with Crippen LogP contribution in [0.4, 0.5) is 0 Å². The van der Waals surface area contributed by atoms with Crippen LogP contribution in [0.5, 0.6) is 0 Å². The number of hydrogen-bond donors (Lipinski definition) is 0. The minimum absolute atomic E-state index is 0.308. The maximum atomic E-state index is 11.8. The van der Waals surface area contributed by atoms with E-state index in [4.69, 9.17) is 11.6 Å². The van der Waals surface area contributed by atoms with Gasteiger partial charge in [0.05, 0.1) is 0 Å². The lowest BCUT2D eigenvalue weighted by molar-refractivity contribution is -0.117. The van der Waals surface area contributed by atoms with Crippen LogP contribution in [-0.4, -0.2) is 11.2 Å². The Morgan fingerprint density at radius 2 is 1.86 bits per heavy atom. The van der Waals surface area contributed by atoms with E-state index in [9.17, 15) is 4.79 Å². The Morgan fingerprint density at radius 3 is 2.67 bits per heavy atom. The first-order valence-corrected chi connectivity index (χ1v) is 9.27. The molecule has 0 amide bonds. The molecular formula is C19H27ClO. The van der Waals surface area contributed by atoms with Crippen molar-refractivity contribution in [2.75, 3.05) is 0 Å². The zero-order valence-corrected chi connectivity index (χ0v) is 14.1. The lowest BCUT2D eigenvalue weighted by Crippen LogP contribution is -2.50. The van der Waals surface area contributed by atoms with E-state index in [-0.39, 0.29) is 0 Å². The average molecular weight is 307 g/mol. The third-order valence-corrected chi connectivity index (χ3v) is 8.56. The molecule has 3 saturated carbocycles. The molecule has 0 bridgehead atoms. The molecule has 116 valence electrons. The Kier molecular flexibility index (Phi) is 3.13. The summed E-state index contributed by atoms with van der Waals surface area (Å²) in [7, 11) is 0. The summed E-state index contributed by atoms with van der Waals surface area (Å²) < 4.78 is 0. The fourth-order valence-electron chi connectivity index (χ4n) is 6.50. The van der Waals surface area contributed by atoms with Crippen molar-refractivity contribution in [1.82, 2.24) is 0 Å². The van der Waals surface area contributed by atoms with Crippen LogP contribution in [0.1, 0.15) is 65.2 Å². The van der Waals surface area contributed by atoms with Crippen LogP contribution in [0, 0.1) is 28.6 Å². The number of alkyl halides is 1. The maximum absolute atomic E-state index is 11.8. The summed E-state index contributed by atoms with van der Waals surface area (Å²) in [5, 5.41) is 0.390. The van der Waals surface area contributed by atoms with E-state index in [1.165, 1.54) is 37.7 Å². The molecule has 4 aliphatic carbocycles. The Bertz CT molecular complexity index is 510. The third-order valence-electron chi connectivity index (χ3n) is 7.85. The summed E-state index contributed by atoms with van der Waals surface area (Å²) in [5.41, 5.74) is 2.16. The largest absolute Gasteiger partial charge is 0.295 e. The van der Waals surface area contributed by atoms with E-state index in [0.29, 0.717) is 22.0 Å². The Labute approximate surface area is 133 Å². The molecule has 2 heteroatoms. The summed E-state index contributed by atoms with van der Waals surface area (Å²) in [4.78, 5) is 11.8. The van der Waals surface area contributed by atoms with Gasteiger partial charge in [0, 0.05) is 11.8 Å². The topological polar surface area (TPSA) is 17.1 Å². The number of allylic oxidation sites excluding steroid dienone is 1. The second-order valence-electron chi connectivity index (χ2n) is 8.56. The van der Waals surface area contributed by atoms with Crippen molar-refractivity contribution in [3.63, 3.8) is 0 Å². The van der Waals surface area contributed by atoms with Crippen molar-refractivity contribution in [3.05, 3.63) is 11.6 Å². The molecule has 4 aliphatic rings. The molecule has 0 saturated heterocycles. The Balaban J connectivity index is 1.69. The van der Waals surface area contributed by atoms with E-state index in [1.54, 1.807) is 0 Å². The van der Waals surface area contributed by atoms with Crippen molar-refractivity contribution in [3.8, 4) is 0 Å². The monoisotopic (exact) mass is 306 g/mol. The van der Waals surface area contributed by atoms with Gasteiger partial charge in [0.15, 0.2) is 5.78 Å². The lowest BCUT2D eigenvalue weighted by atomic mass is 9.47. The zero-order chi connectivity index (χ0) is 14.8. The molecule has 1 nitrogen and oxygen atoms in total. The first kappa shape index (κ1) is 14.3. The molecule has 0 aromatic heterocycles. The van der Waals surface area contributed by atoms with E-state index >= 15 is 0 Å². The summed E-state index contributed by atoms with van der Waals surface area (Å²) in [6, 6.07) is 0. The zero-order valence-electron chi connectivity index (χ0n) is 13.3. The van der Waals surface area contributed by atoms with E-state index < -0.39 is 0 Å². The number of hydrogen-bond acceptors (Lipinski definition) is 1. The molecule has 3 fully saturated rings. The third kappa shape index (κ3) is 1.85. The van der Waals surface area contributed by atoms with Crippen LogP contribution in [0.15, 0.2) is 11.6 Å². The van der Waals surface area contributed by atoms with Gasteiger partial charge in [0.2, 0.25) is 0 Å². The lowest BCUT2D eigenvalue weighted by Gasteiger charge is -2.57. The molecule has 6 atom stereocenters. The van der Waals surface area contributed by atoms with Gasteiger partial charge in [-0.1, -0.05) is 19.4 Å². The van der Waals surface area contributed by atoms with Crippen molar-refractivity contribution in [1.29, 1.82) is 0 Å². The van der Waals surface area contributed by atoms with Crippen LogP contribution in [0.2, 0.25) is 0 Å². The highest BCUT2D eigenvalue weighted by Crippen LogP contribution is 2.65. The Morgan fingerprint density at radius 1 is 1.05 bits per heavy atom. The molecule has 0 N–H and O–H groups in total. The highest BCUT2D eigenvalue weighted by Gasteiger charge is 2.58. The minimum Gasteiger partial charge on any atom is -0.295 e. The highest BCUT2D eigenvalue weighted by molar-refractivity contribution is 6.21. The molecule has 21 heavy (non-hydrogen) atoms. The second-order valence-corrected chi connectivity index (χ2v) is 9.09. The molecule has 4 rings (SSSR count). The van der Waals surface area contributed by atoms with Crippen LogP contribution in [-0.2, 0) is 4.79 Å². The van der Waals surface area contributed by atoms with Gasteiger partial charge < -0.3 is 0 Å². The molecule has 0 aromatic carbocycles. The van der Waals surface area contributed by atoms with Crippen molar-refractivity contribution >= 4 is 17.4 Å². The van der Waals surface area contributed by atoms with Crippen molar-refractivity contribution in [2.45, 2.75) is 70.6 Å². The van der Waals surface area contributed by atoms with Crippen LogP contribution in [0.3, 0.4) is 0 Å². The van der Waals surface area contributed by atoms with Gasteiger partial charge in [0.1, 0.15) is 0 Å². The summed E-state index contributed by atoms with van der Waals surface area (Å²) in [5.74, 6) is 2.84. The average Bonchev–Trinajstić information content (AvgIpc) is 2.76. The minimum atomic E-state index is 0.308. The van der Waals surface area contributed by atoms with Crippen LogP contribution >= 0.6 is 11.6 Å². The molecular weight excluding hydrogens is 280 g/mol. The summed E-state index contributed by atoms with van der Waals surface area (Å²) >= 11 is 6.69. The fraction of sp³-hybridized carbons (Fsp3) is 0.842. The van der Waals surface area contributed by atoms with E-state index in [0.717, 1.165) is 37.0 Å². The number of carbonyl (C=O) groups excluding carboxylic acids is 1. The standard InChI is InChI=1S/C19H27ClO/c1-18-9-7-13(21)11-12(18)3-4-14-15-5-6-17(20)19(15,2)10-8-16(14)18/h11,14-17H,3-10H2,1-2H3/t14-,15-,16-,17?,18-,19-/m0/s1. The van der Waals surface area contributed by atoms with Gasteiger partial charge in [-0.15, -0.1) is 11.6 Å². The smallest absolute Gasteiger partial charge is 0.155 e. The normalized spacial score (nSPS) is 52.7. The van der Waals surface area contributed by atoms with Gasteiger partial charge in [-0.25, -0.2) is 0 Å². The predicted molar refractivity (Wildman–Crippen MR) is 86.4 cm³/mol. The van der Waals surface area contributed by atoms with E-state index in [2.05, 4.69) is 13.8 Å². The van der Waals surface area contributed by atoms with Gasteiger partial charge in [0.25, 0.3) is 0 Å². The second kappa shape index (κ2) is 4.60. The quantitative estimate of drug-likeness (QED) is 0.567. The van der Waals surface area contributed by atoms with E-state index in [1.807, 2.05) is 6.08 Å². The first-order valence-electron chi connectivity index (χ1n) is 8.83. The van der Waals surface area contributed by atoms with Crippen molar-refractivity contribution < 1.29 is 4.79 Å². The van der Waals surface area contributed by atoms with Gasteiger partial charge >= 0.3 is 0 Å². The van der Waals surface area contributed by atoms with Crippen LogP contribution in [0.25, 0.3) is 0 Å². The number of rotatable bonds is 0. The molecule has 0 aliphatic heterocycles. The first-order chi connectivity index (χ1) is 9.95. The van der Waals surface area contributed by atoms with Crippen molar-refractivity contribution in [2.24, 2.45) is 28.6 Å². The molecule has 0 aromatic rings. The number of ketones is 1. The highest BCUT2D eigenvalue weighted by atomic mass is 35.5. The molecule has 1 unspecified atom stereocenters.